The number of hydrogen-bond donors (Lipinski definition) is 0. The molecule has 2 atom stereocenters. The first-order chi connectivity index (χ1) is 9.49. The third-order valence-electron chi connectivity index (χ3n) is 2.82. The number of hydrogen-bond acceptors (Lipinski definition) is 1. The van der Waals surface area contributed by atoms with Gasteiger partial charge in [0.15, 0.2) is 5.78 Å². The van der Waals surface area contributed by atoms with Gasteiger partial charge < -0.3 is 0 Å². The van der Waals surface area contributed by atoms with E-state index < -0.39 is 9.65 Å². The van der Waals surface area contributed by atoms with Crippen molar-refractivity contribution in [2.75, 3.05) is 0 Å². The molecule has 2 rings (SSSR count). The topological polar surface area (TPSA) is 17.1 Å². The van der Waals surface area contributed by atoms with Gasteiger partial charge in [-0.05, 0) is 35.4 Å². The van der Waals surface area contributed by atoms with Crippen molar-refractivity contribution in [3.05, 3.63) is 71.3 Å². The second-order valence-corrected chi connectivity index (χ2v) is 6.06. The molecule has 1 nitrogen and oxygen atoms in total. The maximum absolute atomic E-state index is 12.9. The van der Waals surface area contributed by atoms with E-state index in [1.54, 1.807) is 24.3 Å². The number of Topliss-reactive ketones (excluding diaryl/α,β-unsaturated/α-hetero) is 1. The summed E-state index contributed by atoms with van der Waals surface area (Å²) >= 11 is 6.62. The van der Waals surface area contributed by atoms with Crippen LogP contribution in [0.3, 0.4) is 0 Å². The van der Waals surface area contributed by atoms with E-state index in [1.807, 2.05) is 0 Å². The van der Waals surface area contributed by atoms with Gasteiger partial charge in [-0.3, -0.25) is 4.79 Å². The summed E-state index contributed by atoms with van der Waals surface area (Å²) in [4.78, 5) is 11.2. The van der Waals surface area contributed by atoms with E-state index in [-0.39, 0.29) is 17.4 Å². The summed E-state index contributed by atoms with van der Waals surface area (Å²) in [5, 5.41) is 0. The molecule has 2 aromatic carbocycles. The monoisotopic (exact) mass is 402 g/mol. The SMILES string of the molecule is O=C(C(Br)c1ccc(F)cc1)C(Br)c1ccc(F)cc1. The van der Waals surface area contributed by atoms with Crippen LogP contribution in [0.5, 0.6) is 0 Å². The van der Waals surface area contributed by atoms with Crippen LogP contribution in [-0.2, 0) is 4.79 Å². The first kappa shape index (κ1) is 15.3. The van der Waals surface area contributed by atoms with Crippen molar-refractivity contribution in [1.82, 2.24) is 0 Å². The van der Waals surface area contributed by atoms with Crippen molar-refractivity contribution in [1.29, 1.82) is 0 Å². The number of rotatable bonds is 4. The minimum absolute atomic E-state index is 0.136. The fourth-order valence-corrected chi connectivity index (χ4v) is 3.21. The summed E-state index contributed by atoms with van der Waals surface area (Å²) in [6, 6.07) is 11.4. The largest absolute Gasteiger partial charge is 0.296 e. The van der Waals surface area contributed by atoms with Crippen LogP contribution in [0.15, 0.2) is 48.5 Å². The molecule has 0 heterocycles. The van der Waals surface area contributed by atoms with Gasteiger partial charge in [0.05, 0.1) is 9.65 Å². The third-order valence-corrected chi connectivity index (χ3v) is 4.78. The molecule has 5 heteroatoms. The van der Waals surface area contributed by atoms with Crippen molar-refractivity contribution >= 4 is 37.6 Å². The van der Waals surface area contributed by atoms with Crippen molar-refractivity contribution in [2.24, 2.45) is 0 Å². The molecule has 0 spiro atoms. The molecular weight excluding hydrogens is 394 g/mol. The first-order valence-corrected chi connectivity index (χ1v) is 7.65. The molecule has 0 fully saturated rings. The minimum Gasteiger partial charge on any atom is -0.296 e. The Morgan fingerprint density at radius 1 is 0.750 bits per heavy atom. The normalized spacial score (nSPS) is 13.8. The van der Waals surface area contributed by atoms with E-state index in [2.05, 4.69) is 31.9 Å². The Hall–Kier alpha value is -1.07. The molecule has 0 aromatic heterocycles. The fourth-order valence-electron chi connectivity index (χ4n) is 1.72. The highest BCUT2D eigenvalue weighted by Crippen LogP contribution is 2.34. The molecule has 0 saturated carbocycles. The highest BCUT2D eigenvalue weighted by atomic mass is 79.9. The number of alkyl halides is 2. The summed E-state index contributed by atoms with van der Waals surface area (Å²) in [5.41, 5.74) is 1.34. The van der Waals surface area contributed by atoms with Gasteiger partial charge in [-0.25, -0.2) is 8.78 Å². The zero-order valence-electron chi connectivity index (χ0n) is 10.2. The quantitative estimate of drug-likeness (QED) is 0.648. The van der Waals surface area contributed by atoms with Crippen molar-refractivity contribution in [3.63, 3.8) is 0 Å². The molecule has 0 saturated heterocycles. The third kappa shape index (κ3) is 3.52. The lowest BCUT2D eigenvalue weighted by Crippen LogP contribution is -2.12. The van der Waals surface area contributed by atoms with Crippen molar-refractivity contribution in [2.45, 2.75) is 9.65 Å². The van der Waals surface area contributed by atoms with Crippen LogP contribution >= 0.6 is 31.9 Å². The zero-order chi connectivity index (χ0) is 14.7. The highest BCUT2D eigenvalue weighted by Gasteiger charge is 2.25. The Kier molecular flexibility index (Phi) is 5.05. The average Bonchev–Trinajstić information content (AvgIpc) is 2.46. The number of carbonyl (C=O) groups is 1. The maximum atomic E-state index is 12.9. The van der Waals surface area contributed by atoms with Crippen LogP contribution in [0.2, 0.25) is 0 Å². The van der Waals surface area contributed by atoms with E-state index in [0.29, 0.717) is 11.1 Å². The zero-order valence-corrected chi connectivity index (χ0v) is 13.4. The molecule has 0 amide bonds. The standard InChI is InChI=1S/C15H10Br2F2O/c16-13(9-1-5-11(18)6-2-9)15(20)14(17)10-3-7-12(19)8-4-10/h1-8,13-14H. The van der Waals surface area contributed by atoms with Gasteiger partial charge in [0.25, 0.3) is 0 Å². The van der Waals surface area contributed by atoms with Gasteiger partial charge in [-0.15, -0.1) is 0 Å². The fraction of sp³-hybridized carbons (Fsp3) is 0.133. The molecule has 0 radical (unpaired) electrons. The van der Waals surface area contributed by atoms with Gasteiger partial charge in [0.1, 0.15) is 11.6 Å². The van der Waals surface area contributed by atoms with Crippen LogP contribution in [0.1, 0.15) is 20.8 Å². The molecule has 0 aliphatic heterocycles. The van der Waals surface area contributed by atoms with E-state index >= 15 is 0 Å². The molecule has 20 heavy (non-hydrogen) atoms. The Morgan fingerprint density at radius 3 is 1.35 bits per heavy atom. The molecule has 0 aliphatic carbocycles. The number of carbonyl (C=O) groups excluding carboxylic acids is 1. The van der Waals surface area contributed by atoms with Crippen LogP contribution in [0.4, 0.5) is 8.78 Å². The predicted molar refractivity (Wildman–Crippen MR) is 81.1 cm³/mol. The lowest BCUT2D eigenvalue weighted by atomic mass is 10.0. The molecule has 0 N–H and O–H groups in total. The Morgan fingerprint density at radius 2 is 1.05 bits per heavy atom. The van der Waals surface area contributed by atoms with Gasteiger partial charge in [0, 0.05) is 0 Å². The van der Waals surface area contributed by atoms with Gasteiger partial charge in [-0.1, -0.05) is 56.1 Å². The van der Waals surface area contributed by atoms with E-state index in [4.69, 9.17) is 0 Å². The molecule has 104 valence electrons. The maximum Gasteiger partial charge on any atom is 0.168 e. The number of halogens is 4. The Bertz CT molecular complexity index is 543. The van der Waals surface area contributed by atoms with Gasteiger partial charge in [0.2, 0.25) is 0 Å². The lowest BCUT2D eigenvalue weighted by Gasteiger charge is -2.14. The predicted octanol–water partition coefficient (Wildman–Crippen LogP) is 5.11. The van der Waals surface area contributed by atoms with Crippen molar-refractivity contribution in [3.8, 4) is 0 Å². The van der Waals surface area contributed by atoms with Crippen LogP contribution in [0.25, 0.3) is 0 Å². The minimum atomic E-state index is -0.558. The summed E-state index contributed by atoms with van der Waals surface area (Å²) in [7, 11) is 0. The van der Waals surface area contributed by atoms with Crippen LogP contribution in [-0.4, -0.2) is 5.78 Å². The summed E-state index contributed by atoms with van der Waals surface area (Å²) in [6.45, 7) is 0. The Balaban J connectivity index is 2.17. The molecule has 0 aliphatic rings. The second-order valence-electron chi connectivity index (χ2n) is 4.23. The summed E-state index contributed by atoms with van der Waals surface area (Å²) in [6.07, 6.45) is 0. The Labute approximate surface area is 132 Å². The average molecular weight is 404 g/mol. The lowest BCUT2D eigenvalue weighted by molar-refractivity contribution is -0.118. The van der Waals surface area contributed by atoms with Crippen LogP contribution in [0, 0.1) is 11.6 Å². The van der Waals surface area contributed by atoms with E-state index in [0.717, 1.165) is 0 Å². The van der Waals surface area contributed by atoms with Gasteiger partial charge >= 0.3 is 0 Å². The second kappa shape index (κ2) is 6.59. The first-order valence-electron chi connectivity index (χ1n) is 5.82. The highest BCUT2D eigenvalue weighted by molar-refractivity contribution is 9.10. The summed E-state index contributed by atoms with van der Waals surface area (Å²) in [5.74, 6) is -0.840. The molecule has 2 unspecified atom stereocenters. The summed E-state index contributed by atoms with van der Waals surface area (Å²) < 4.78 is 25.7. The van der Waals surface area contributed by atoms with Crippen LogP contribution < -0.4 is 0 Å². The molecule has 0 bridgehead atoms. The van der Waals surface area contributed by atoms with Gasteiger partial charge in [-0.2, -0.15) is 0 Å². The molecular formula is C15H10Br2F2O. The smallest absolute Gasteiger partial charge is 0.168 e. The molecule has 2 aromatic rings. The van der Waals surface area contributed by atoms with E-state index in [9.17, 15) is 13.6 Å². The number of ketones is 1. The van der Waals surface area contributed by atoms with Crippen molar-refractivity contribution < 1.29 is 13.6 Å². The number of benzene rings is 2. The van der Waals surface area contributed by atoms with E-state index in [1.165, 1.54) is 24.3 Å².